The van der Waals surface area contributed by atoms with Gasteiger partial charge in [-0.05, 0) is 96.9 Å². The second-order valence-electron chi connectivity index (χ2n) is 8.87. The molecule has 3 nitrogen and oxygen atoms in total. The molecule has 2 rings (SSSR count). The highest BCUT2D eigenvalue weighted by Crippen LogP contribution is 2.44. The Hall–Kier alpha value is -2.23. The zero-order valence-corrected chi connectivity index (χ0v) is 19.6. The van der Waals surface area contributed by atoms with Crippen LogP contribution in [0.3, 0.4) is 0 Å². The van der Waals surface area contributed by atoms with Gasteiger partial charge in [0, 0.05) is 5.56 Å². The Balaban J connectivity index is 2.19. The zero-order valence-electron chi connectivity index (χ0n) is 19.6. The summed E-state index contributed by atoms with van der Waals surface area (Å²) in [5, 5.41) is 0. The van der Waals surface area contributed by atoms with Crippen LogP contribution in [-0.4, -0.2) is 25.7 Å². The van der Waals surface area contributed by atoms with Crippen LogP contribution in [0, 0.1) is 20.8 Å². The van der Waals surface area contributed by atoms with Crippen molar-refractivity contribution in [1.29, 1.82) is 0 Å². The minimum Gasteiger partial charge on any atom is -0.486 e. The van der Waals surface area contributed by atoms with Crippen molar-refractivity contribution in [2.45, 2.75) is 79.8 Å². The predicted molar refractivity (Wildman–Crippen MR) is 126 cm³/mol. The van der Waals surface area contributed by atoms with E-state index in [4.69, 9.17) is 17.3 Å². The topological polar surface area (TPSA) is 35.5 Å². The van der Waals surface area contributed by atoms with Crippen LogP contribution in [0.4, 0.5) is 0 Å². The van der Waals surface area contributed by atoms with Crippen molar-refractivity contribution in [2.24, 2.45) is 0 Å². The minimum absolute atomic E-state index is 0.111. The molecule has 0 amide bonds. The van der Waals surface area contributed by atoms with Crippen molar-refractivity contribution in [3.05, 3.63) is 57.7 Å². The van der Waals surface area contributed by atoms with Gasteiger partial charge >= 0.3 is 0 Å². The van der Waals surface area contributed by atoms with Crippen LogP contribution in [0.1, 0.15) is 69.2 Å². The summed E-state index contributed by atoms with van der Waals surface area (Å²) in [4.78, 5) is 11.1. The molecule has 0 saturated heterocycles. The standard InChI is InChI=1S/C26H35BO3/c1-17(2)10-8-11-18(3)12-9-14-26(7)15-13-22-21(6)24(29-16-23(27)28)19(4)20(5)25(22)30-26/h9-10,12,14H,8,11,13,15-16H2,1-7H3/t26-/m1/s1. The molecule has 1 atom stereocenters. The van der Waals surface area contributed by atoms with E-state index >= 15 is 0 Å². The first-order valence-corrected chi connectivity index (χ1v) is 10.7. The molecule has 1 aromatic rings. The van der Waals surface area contributed by atoms with Crippen LogP contribution in [0.25, 0.3) is 0 Å². The van der Waals surface area contributed by atoms with E-state index in [0.29, 0.717) is 0 Å². The molecule has 0 aromatic heterocycles. The van der Waals surface area contributed by atoms with Crippen molar-refractivity contribution in [3.63, 3.8) is 0 Å². The first-order valence-electron chi connectivity index (χ1n) is 10.7. The van der Waals surface area contributed by atoms with Crippen molar-refractivity contribution in [2.75, 3.05) is 6.61 Å². The highest BCUT2D eigenvalue weighted by Gasteiger charge is 2.32. The second kappa shape index (κ2) is 10.2. The summed E-state index contributed by atoms with van der Waals surface area (Å²) in [7, 11) is 5.26. The summed E-state index contributed by atoms with van der Waals surface area (Å²) in [6, 6.07) is 0. The van der Waals surface area contributed by atoms with Gasteiger partial charge in [0.05, 0.1) is 0 Å². The lowest BCUT2D eigenvalue weighted by molar-refractivity contribution is -0.113. The van der Waals surface area contributed by atoms with E-state index < -0.39 is 5.68 Å². The molecule has 160 valence electrons. The van der Waals surface area contributed by atoms with Gasteiger partial charge in [-0.1, -0.05) is 29.4 Å². The Kier molecular flexibility index (Phi) is 8.17. The second-order valence-corrected chi connectivity index (χ2v) is 8.87. The van der Waals surface area contributed by atoms with Crippen LogP contribution in [0.5, 0.6) is 11.5 Å². The maximum Gasteiger partial charge on any atom is 0.172 e. The average molecular weight is 406 g/mol. The van der Waals surface area contributed by atoms with E-state index in [-0.39, 0.29) is 12.2 Å². The summed E-state index contributed by atoms with van der Waals surface area (Å²) in [5.74, 6) is 1.70. The molecule has 0 spiro atoms. The van der Waals surface area contributed by atoms with Crippen molar-refractivity contribution in [3.8, 4) is 11.5 Å². The average Bonchev–Trinajstić information content (AvgIpc) is 2.65. The molecular formula is C26H35BO3. The number of allylic oxidation sites excluding steroid dienone is 5. The summed E-state index contributed by atoms with van der Waals surface area (Å²) in [6.45, 7) is 14.6. The lowest BCUT2D eigenvalue weighted by Crippen LogP contribution is -2.35. The first-order chi connectivity index (χ1) is 14.0. The number of benzene rings is 1. The molecule has 0 bridgehead atoms. The quantitative estimate of drug-likeness (QED) is 0.301. The Morgan fingerprint density at radius 1 is 1.17 bits per heavy atom. The number of carbonyl (C=O) groups is 1. The van der Waals surface area contributed by atoms with Gasteiger partial charge in [0.2, 0.25) is 0 Å². The molecule has 0 unspecified atom stereocenters. The molecule has 30 heavy (non-hydrogen) atoms. The molecule has 1 aliphatic rings. The van der Waals surface area contributed by atoms with Crippen molar-refractivity contribution >= 4 is 13.5 Å². The van der Waals surface area contributed by atoms with E-state index in [1.807, 2.05) is 20.8 Å². The van der Waals surface area contributed by atoms with E-state index in [2.05, 4.69) is 52.0 Å². The third-order valence-corrected chi connectivity index (χ3v) is 5.80. The normalized spacial score (nSPS) is 18.7. The largest absolute Gasteiger partial charge is 0.486 e. The summed E-state index contributed by atoms with van der Waals surface area (Å²) in [5.41, 5.74) is 6.17. The summed E-state index contributed by atoms with van der Waals surface area (Å²) >= 11 is 0. The fourth-order valence-electron chi connectivity index (χ4n) is 3.82. The molecule has 0 saturated carbocycles. The van der Waals surface area contributed by atoms with E-state index in [0.717, 1.165) is 59.4 Å². The molecule has 0 fully saturated rings. The Labute approximate surface area is 183 Å². The number of ether oxygens (including phenoxy) is 2. The van der Waals surface area contributed by atoms with Gasteiger partial charge in [0.1, 0.15) is 29.4 Å². The van der Waals surface area contributed by atoms with Gasteiger partial charge in [-0.2, -0.15) is 0 Å². The third kappa shape index (κ3) is 6.14. The van der Waals surface area contributed by atoms with Crippen LogP contribution in [0.2, 0.25) is 0 Å². The maximum atomic E-state index is 11.1. The number of hydrogen-bond donors (Lipinski definition) is 0. The van der Waals surface area contributed by atoms with Gasteiger partial charge in [0.25, 0.3) is 0 Å². The highest BCUT2D eigenvalue weighted by molar-refractivity contribution is 6.58. The molecule has 0 aliphatic carbocycles. The highest BCUT2D eigenvalue weighted by atomic mass is 16.5. The molecule has 2 radical (unpaired) electrons. The smallest absolute Gasteiger partial charge is 0.172 e. The third-order valence-electron chi connectivity index (χ3n) is 5.80. The molecule has 0 N–H and O–H groups in total. The fourth-order valence-corrected chi connectivity index (χ4v) is 3.82. The molecule has 1 aromatic carbocycles. The lowest BCUT2D eigenvalue weighted by Gasteiger charge is -2.36. The predicted octanol–water partition coefficient (Wildman–Crippen LogP) is 6.02. The van der Waals surface area contributed by atoms with Gasteiger partial charge in [-0.25, -0.2) is 0 Å². The van der Waals surface area contributed by atoms with Gasteiger partial charge < -0.3 is 14.3 Å². The first kappa shape index (κ1) is 24.0. The van der Waals surface area contributed by atoms with Crippen molar-refractivity contribution in [1.82, 2.24) is 0 Å². The van der Waals surface area contributed by atoms with Crippen LogP contribution in [-0.2, 0) is 11.2 Å². The van der Waals surface area contributed by atoms with Gasteiger partial charge in [0.15, 0.2) is 7.85 Å². The molecule has 4 heteroatoms. The maximum absolute atomic E-state index is 11.1. The van der Waals surface area contributed by atoms with Crippen LogP contribution >= 0.6 is 0 Å². The summed E-state index contributed by atoms with van der Waals surface area (Å²) < 4.78 is 12.2. The van der Waals surface area contributed by atoms with Crippen LogP contribution in [0.15, 0.2) is 35.5 Å². The van der Waals surface area contributed by atoms with Gasteiger partial charge in [-0.15, -0.1) is 0 Å². The van der Waals surface area contributed by atoms with Crippen molar-refractivity contribution < 1.29 is 14.3 Å². The van der Waals surface area contributed by atoms with Crippen LogP contribution < -0.4 is 9.47 Å². The number of rotatable bonds is 8. The number of hydrogen-bond acceptors (Lipinski definition) is 3. The van der Waals surface area contributed by atoms with E-state index in [9.17, 15) is 4.79 Å². The SMILES string of the molecule is [B]C(=O)COc1c(C)c(C)c2c(c1C)CC[C@@](C)(C=CC=C(C)CCC=C(C)C)O2. The van der Waals surface area contributed by atoms with Gasteiger partial charge in [-0.3, -0.25) is 0 Å². The monoisotopic (exact) mass is 406 g/mol. The lowest BCUT2D eigenvalue weighted by atomic mass is 9.87. The molecule has 1 heterocycles. The Bertz CT molecular complexity index is 888. The number of fused-ring (bicyclic) bond motifs is 1. The molecule has 1 aliphatic heterocycles. The zero-order chi connectivity index (χ0) is 22.5. The number of carbonyl (C=O) groups excluding carboxylic acids is 1. The van der Waals surface area contributed by atoms with E-state index in [1.54, 1.807) is 0 Å². The molecular weight excluding hydrogens is 371 g/mol. The summed E-state index contributed by atoms with van der Waals surface area (Å²) in [6.07, 6.45) is 12.7. The minimum atomic E-state index is -0.470. The fraction of sp³-hybridized carbons (Fsp3) is 0.500. The van der Waals surface area contributed by atoms with E-state index in [1.165, 1.54) is 11.1 Å². The Morgan fingerprint density at radius 3 is 2.50 bits per heavy atom. The Morgan fingerprint density at radius 2 is 1.87 bits per heavy atom.